The molecule has 2 fully saturated rings. The molecule has 1 aromatic carbocycles. The molecule has 0 saturated carbocycles. The van der Waals surface area contributed by atoms with Crippen molar-refractivity contribution in [2.75, 3.05) is 43.6 Å². The summed E-state index contributed by atoms with van der Waals surface area (Å²) < 4.78 is 29.5. The summed E-state index contributed by atoms with van der Waals surface area (Å²) in [5.74, 6) is 1.15. The predicted molar refractivity (Wildman–Crippen MR) is 130 cm³/mol. The fourth-order valence-electron chi connectivity index (χ4n) is 4.44. The van der Waals surface area contributed by atoms with E-state index in [4.69, 9.17) is 14.7 Å². The molecule has 2 aromatic rings. The molecule has 180 valence electrons. The van der Waals surface area contributed by atoms with Crippen LogP contribution in [0.15, 0.2) is 29.3 Å². The van der Waals surface area contributed by atoms with Crippen LogP contribution in [0, 0.1) is 0 Å². The minimum atomic E-state index is -3.07. The molecular formula is C23H32N4O4S2. The van der Waals surface area contributed by atoms with Crippen molar-refractivity contribution in [3.05, 3.63) is 30.1 Å². The average molecular weight is 493 g/mol. The number of morpholine rings is 1. The van der Waals surface area contributed by atoms with Gasteiger partial charge in [-0.15, -0.1) is 0 Å². The molecule has 8 nitrogen and oxygen atoms in total. The van der Waals surface area contributed by atoms with Gasteiger partial charge in [-0.3, -0.25) is 9.69 Å². The lowest BCUT2D eigenvalue weighted by Gasteiger charge is -2.33. The van der Waals surface area contributed by atoms with Crippen LogP contribution in [-0.2, 0) is 25.9 Å². The van der Waals surface area contributed by atoms with Gasteiger partial charge < -0.3 is 9.64 Å². The van der Waals surface area contributed by atoms with Crippen molar-refractivity contribution in [2.24, 2.45) is 0 Å². The molecule has 2 aliphatic rings. The Morgan fingerprint density at radius 3 is 2.73 bits per heavy atom. The molecule has 4 rings (SSSR count). The highest BCUT2D eigenvalue weighted by molar-refractivity contribution is 8.00. The number of carbonyl (C=O) groups is 1. The Hall–Kier alpha value is -1.75. The number of amides is 1. The first-order valence-corrected chi connectivity index (χ1v) is 14.4. The lowest BCUT2D eigenvalue weighted by Crippen LogP contribution is -2.47. The third-order valence-corrected chi connectivity index (χ3v) is 9.10. The monoisotopic (exact) mass is 492 g/mol. The number of benzene rings is 1. The second kappa shape index (κ2) is 10.7. The molecule has 0 aliphatic carbocycles. The van der Waals surface area contributed by atoms with Crippen LogP contribution in [0.5, 0.6) is 0 Å². The fourth-order valence-corrected chi connectivity index (χ4v) is 7.06. The lowest BCUT2D eigenvalue weighted by atomic mass is 10.1. The number of sulfone groups is 1. The van der Waals surface area contributed by atoms with Gasteiger partial charge in [0.2, 0.25) is 5.91 Å². The topological polar surface area (TPSA) is 92.7 Å². The number of carbonyl (C=O) groups excluding carboxylic acids is 1. The standard InChI is InChI=1S/C23H32N4O4S2/c1-3-17(2)27(18-8-13-33(29,30)16-18)22(28)15-32-23-19-6-4-5-7-20(19)24-21(25-23)14-26-9-11-31-12-10-26/h4-7,17-18H,3,8-16H2,1-2H3/t17-,18+/m0/s1. The van der Waals surface area contributed by atoms with Crippen LogP contribution >= 0.6 is 11.8 Å². The SMILES string of the molecule is CC[C@H](C)N(C(=O)CSc1nc(CN2CCOCC2)nc2ccccc12)[C@@H]1CCS(=O)(=O)C1. The average Bonchev–Trinajstić information content (AvgIpc) is 3.17. The summed E-state index contributed by atoms with van der Waals surface area (Å²) in [5, 5.41) is 1.72. The van der Waals surface area contributed by atoms with Crippen molar-refractivity contribution in [3.63, 3.8) is 0 Å². The van der Waals surface area contributed by atoms with Gasteiger partial charge in [0.25, 0.3) is 0 Å². The van der Waals surface area contributed by atoms with E-state index in [1.54, 1.807) is 4.90 Å². The van der Waals surface area contributed by atoms with Crippen LogP contribution in [0.1, 0.15) is 32.5 Å². The van der Waals surface area contributed by atoms with E-state index < -0.39 is 9.84 Å². The second-order valence-electron chi connectivity index (χ2n) is 8.75. The Balaban J connectivity index is 1.52. The Kier molecular flexibility index (Phi) is 7.88. The molecule has 0 bridgehead atoms. The predicted octanol–water partition coefficient (Wildman–Crippen LogP) is 2.37. The van der Waals surface area contributed by atoms with Crippen LogP contribution in [0.2, 0.25) is 0 Å². The highest BCUT2D eigenvalue weighted by Gasteiger charge is 2.36. The maximum atomic E-state index is 13.3. The fraction of sp³-hybridized carbons (Fsp3) is 0.609. The van der Waals surface area contributed by atoms with Gasteiger partial charge in [0, 0.05) is 30.6 Å². The van der Waals surface area contributed by atoms with Crippen molar-refractivity contribution in [2.45, 2.75) is 50.3 Å². The van der Waals surface area contributed by atoms with E-state index in [1.165, 1.54) is 11.8 Å². The Bertz CT molecular complexity index is 1090. The molecule has 0 radical (unpaired) electrons. The molecule has 0 N–H and O–H groups in total. The second-order valence-corrected chi connectivity index (χ2v) is 11.9. The number of nitrogens with zero attached hydrogens (tertiary/aromatic N) is 4. The number of ether oxygens (including phenoxy) is 1. The molecule has 10 heteroatoms. The summed E-state index contributed by atoms with van der Waals surface area (Å²) in [6.45, 7) is 7.80. The number of aromatic nitrogens is 2. The van der Waals surface area contributed by atoms with Crippen LogP contribution in [-0.4, -0.2) is 89.7 Å². The van der Waals surface area contributed by atoms with Gasteiger partial charge >= 0.3 is 0 Å². The summed E-state index contributed by atoms with van der Waals surface area (Å²) in [6, 6.07) is 7.62. The smallest absolute Gasteiger partial charge is 0.233 e. The molecule has 33 heavy (non-hydrogen) atoms. The summed E-state index contributed by atoms with van der Waals surface area (Å²) >= 11 is 1.41. The van der Waals surface area contributed by atoms with E-state index in [-0.39, 0.29) is 35.2 Å². The number of rotatable bonds is 8. The normalized spacial score (nSPS) is 21.8. The number of thioether (sulfide) groups is 1. The summed E-state index contributed by atoms with van der Waals surface area (Å²) in [4.78, 5) is 26.9. The molecule has 2 atom stereocenters. The van der Waals surface area contributed by atoms with Crippen molar-refractivity contribution in [3.8, 4) is 0 Å². The molecule has 0 unspecified atom stereocenters. The van der Waals surface area contributed by atoms with Crippen LogP contribution in [0.3, 0.4) is 0 Å². The van der Waals surface area contributed by atoms with Gasteiger partial charge in [-0.2, -0.15) is 0 Å². The Labute approximate surface area is 200 Å². The number of fused-ring (bicyclic) bond motifs is 1. The van der Waals surface area contributed by atoms with E-state index in [0.717, 1.165) is 41.3 Å². The van der Waals surface area contributed by atoms with Crippen LogP contribution in [0.4, 0.5) is 0 Å². The van der Waals surface area contributed by atoms with Crippen molar-refractivity contribution in [1.29, 1.82) is 0 Å². The molecule has 2 aliphatic heterocycles. The number of hydrogen-bond acceptors (Lipinski definition) is 8. The van der Waals surface area contributed by atoms with Gasteiger partial charge in [-0.25, -0.2) is 18.4 Å². The molecule has 3 heterocycles. The zero-order valence-electron chi connectivity index (χ0n) is 19.3. The first-order chi connectivity index (χ1) is 15.9. The summed E-state index contributed by atoms with van der Waals surface area (Å²) in [5.41, 5.74) is 0.867. The van der Waals surface area contributed by atoms with E-state index >= 15 is 0 Å². The van der Waals surface area contributed by atoms with Gasteiger partial charge in [0.15, 0.2) is 9.84 Å². The largest absolute Gasteiger partial charge is 0.379 e. The Morgan fingerprint density at radius 1 is 1.27 bits per heavy atom. The minimum Gasteiger partial charge on any atom is -0.379 e. The molecular weight excluding hydrogens is 460 g/mol. The van der Waals surface area contributed by atoms with Crippen LogP contribution < -0.4 is 0 Å². The molecule has 0 spiro atoms. The van der Waals surface area contributed by atoms with E-state index in [9.17, 15) is 13.2 Å². The molecule has 1 amide bonds. The quantitative estimate of drug-likeness (QED) is 0.410. The highest BCUT2D eigenvalue weighted by atomic mass is 32.2. The zero-order valence-corrected chi connectivity index (χ0v) is 20.9. The highest BCUT2D eigenvalue weighted by Crippen LogP contribution is 2.28. The summed E-state index contributed by atoms with van der Waals surface area (Å²) in [6.07, 6.45) is 1.30. The number of hydrogen-bond donors (Lipinski definition) is 0. The molecule has 1 aromatic heterocycles. The molecule has 2 saturated heterocycles. The lowest BCUT2D eigenvalue weighted by molar-refractivity contribution is -0.132. The van der Waals surface area contributed by atoms with Gasteiger partial charge in [-0.05, 0) is 25.8 Å². The minimum absolute atomic E-state index is 0.00424. The first kappa shape index (κ1) is 24.4. The summed E-state index contributed by atoms with van der Waals surface area (Å²) in [7, 11) is -3.07. The Morgan fingerprint density at radius 2 is 2.03 bits per heavy atom. The van der Waals surface area contributed by atoms with Crippen molar-refractivity contribution < 1.29 is 17.9 Å². The van der Waals surface area contributed by atoms with E-state index in [0.29, 0.717) is 26.2 Å². The van der Waals surface area contributed by atoms with Gasteiger partial charge in [-0.1, -0.05) is 36.9 Å². The third kappa shape index (κ3) is 6.03. The van der Waals surface area contributed by atoms with Crippen LogP contribution in [0.25, 0.3) is 10.9 Å². The van der Waals surface area contributed by atoms with Crippen molar-refractivity contribution in [1.82, 2.24) is 19.8 Å². The van der Waals surface area contributed by atoms with Gasteiger partial charge in [0.05, 0.1) is 42.5 Å². The van der Waals surface area contributed by atoms with Gasteiger partial charge in [0.1, 0.15) is 10.9 Å². The maximum absolute atomic E-state index is 13.3. The van der Waals surface area contributed by atoms with E-state index in [2.05, 4.69) is 4.90 Å². The zero-order chi connectivity index (χ0) is 23.4. The third-order valence-electron chi connectivity index (χ3n) is 6.37. The first-order valence-electron chi connectivity index (χ1n) is 11.6. The van der Waals surface area contributed by atoms with E-state index in [1.807, 2.05) is 38.1 Å². The number of para-hydroxylation sites is 1. The maximum Gasteiger partial charge on any atom is 0.233 e. The van der Waals surface area contributed by atoms with Crippen molar-refractivity contribution >= 4 is 38.4 Å².